The minimum absolute atomic E-state index is 0.0223. The number of ketones is 3. The van der Waals surface area contributed by atoms with Crippen molar-refractivity contribution in [3.8, 4) is 28.7 Å². The van der Waals surface area contributed by atoms with Gasteiger partial charge in [-0.3, -0.25) is 29.0 Å². The number of Topliss-reactive ketones (excluding diaryl/α,β-unsaturated/α-hetero) is 3. The van der Waals surface area contributed by atoms with Crippen LogP contribution in [0.3, 0.4) is 0 Å². The molecule has 0 aliphatic carbocycles. The van der Waals surface area contributed by atoms with E-state index in [1.807, 2.05) is 37.3 Å². The third-order valence-electron chi connectivity index (χ3n) is 11.9. The van der Waals surface area contributed by atoms with Crippen LogP contribution in [-0.2, 0) is 38.4 Å². The van der Waals surface area contributed by atoms with Gasteiger partial charge in [0.05, 0.1) is 12.1 Å². The topological polar surface area (TPSA) is 208 Å². The molecule has 2 amide bonds. The number of benzene rings is 3. The first-order valence-corrected chi connectivity index (χ1v) is 22.8. The van der Waals surface area contributed by atoms with Crippen molar-refractivity contribution in [2.45, 2.75) is 103 Å². The maximum atomic E-state index is 15.1. The zero-order chi connectivity index (χ0) is 46.9. The molecule has 0 unspecified atom stereocenters. The molecule has 4 aromatic rings. The number of unbranched alkanes of at least 4 members (excludes halogenated alkanes) is 3. The summed E-state index contributed by atoms with van der Waals surface area (Å²) in [5, 5.41) is 12.1. The number of nitrogens with two attached hydrogens (primary N) is 2. The van der Waals surface area contributed by atoms with Gasteiger partial charge in [0.25, 0.3) is 0 Å². The fraction of sp³-hybridized carbons (Fsp3) is 0.442. The predicted octanol–water partition coefficient (Wildman–Crippen LogP) is 7.00. The van der Waals surface area contributed by atoms with E-state index >= 15 is 4.79 Å². The van der Waals surface area contributed by atoms with Gasteiger partial charge in [0.2, 0.25) is 11.8 Å². The lowest BCUT2D eigenvalue weighted by Gasteiger charge is -2.32. The lowest BCUT2D eigenvalue weighted by atomic mass is 9.87. The smallest absolute Gasteiger partial charge is 0.227 e. The van der Waals surface area contributed by atoms with E-state index in [4.69, 9.17) is 20.9 Å². The van der Waals surface area contributed by atoms with Gasteiger partial charge in [0, 0.05) is 86.7 Å². The molecular formula is C52H64N6O7. The van der Waals surface area contributed by atoms with Crippen LogP contribution in [0.1, 0.15) is 109 Å². The molecule has 1 aliphatic heterocycles. The van der Waals surface area contributed by atoms with Crippen molar-refractivity contribution in [2.24, 2.45) is 23.3 Å². The highest BCUT2D eigenvalue weighted by Crippen LogP contribution is 2.41. The number of hydrogen-bond acceptors (Lipinski definition) is 11. The molecule has 13 heteroatoms. The highest BCUT2D eigenvalue weighted by atomic mass is 16.5. The van der Waals surface area contributed by atoms with Gasteiger partial charge in [-0.05, 0) is 90.8 Å². The number of aromatic nitrogens is 1. The monoisotopic (exact) mass is 884 g/mol. The molecule has 0 spiro atoms. The molecule has 4 atom stereocenters. The Bertz CT molecular complexity index is 2330. The van der Waals surface area contributed by atoms with Crippen LogP contribution in [0.2, 0.25) is 0 Å². The first kappa shape index (κ1) is 49.8. The van der Waals surface area contributed by atoms with Gasteiger partial charge in [-0.15, -0.1) is 0 Å². The third-order valence-corrected chi connectivity index (χ3v) is 11.9. The standard InChI is InChI=1S/C52H64N6O7/c1-5-6-7-8-11-36-14-17-41(34(2)26-36)46(60)32-40(28-38-12-10-23-56-33-38)52(63)58(4)50-39-16-19-49(65-25-22-55)43(31-39)42-29-37(15-18-48(42)64-24-21-54)30-44(45(59)13-9-20-53)57-51(62)35(3)27-47(50)61/h10,12,14-19,23,26,29,31,33,35,40,44,50H,5-9,11,13,21-22,24-25,27-28,30,32,54-55H2,1-4H3,(H,57,62)/t35-,40-,44+,50+/m1/s1. The lowest BCUT2D eigenvalue weighted by molar-refractivity contribution is -0.142. The third kappa shape index (κ3) is 13.6. The first-order chi connectivity index (χ1) is 31.4. The molecule has 13 nitrogen and oxygen atoms in total. The molecule has 3 aromatic carbocycles. The van der Waals surface area contributed by atoms with E-state index in [2.05, 4.69) is 23.3 Å². The Balaban J connectivity index is 1.61. The average molecular weight is 885 g/mol. The van der Waals surface area contributed by atoms with E-state index < -0.39 is 41.5 Å². The van der Waals surface area contributed by atoms with E-state index in [-0.39, 0.29) is 76.4 Å². The Kier molecular flexibility index (Phi) is 18.9. The Labute approximate surface area is 383 Å². The average Bonchev–Trinajstić information content (AvgIpc) is 3.30. The van der Waals surface area contributed by atoms with Gasteiger partial charge in [0.15, 0.2) is 17.3 Å². The predicted molar refractivity (Wildman–Crippen MR) is 250 cm³/mol. The summed E-state index contributed by atoms with van der Waals surface area (Å²) in [6.45, 7) is 6.52. The Morgan fingerprint density at radius 3 is 2.31 bits per heavy atom. The lowest BCUT2D eigenvalue weighted by Crippen LogP contribution is -2.46. The summed E-state index contributed by atoms with van der Waals surface area (Å²) in [4.78, 5) is 77.3. The van der Waals surface area contributed by atoms with Crippen LogP contribution >= 0.6 is 0 Å². The summed E-state index contributed by atoms with van der Waals surface area (Å²) in [6.07, 6.45) is 8.58. The van der Waals surface area contributed by atoms with Crippen LogP contribution in [0.15, 0.2) is 79.1 Å². The van der Waals surface area contributed by atoms with E-state index in [9.17, 15) is 24.4 Å². The van der Waals surface area contributed by atoms with Crippen LogP contribution in [0, 0.1) is 30.1 Å². The van der Waals surface area contributed by atoms with Gasteiger partial charge < -0.3 is 31.2 Å². The van der Waals surface area contributed by atoms with Crippen LogP contribution in [0.25, 0.3) is 11.1 Å². The largest absolute Gasteiger partial charge is 0.492 e. The zero-order valence-electron chi connectivity index (χ0n) is 38.3. The molecule has 2 heterocycles. The number of carbonyl (C=O) groups excluding carboxylic acids is 5. The summed E-state index contributed by atoms with van der Waals surface area (Å²) >= 11 is 0. The number of pyridine rings is 1. The molecule has 0 fully saturated rings. The van der Waals surface area contributed by atoms with Gasteiger partial charge in [0.1, 0.15) is 30.8 Å². The molecule has 65 heavy (non-hydrogen) atoms. The molecule has 0 saturated heterocycles. The fourth-order valence-corrected chi connectivity index (χ4v) is 8.46. The second-order valence-electron chi connectivity index (χ2n) is 17.0. The molecule has 5 N–H and O–H groups in total. The Morgan fingerprint density at radius 1 is 0.923 bits per heavy atom. The van der Waals surface area contributed by atoms with Crippen molar-refractivity contribution in [3.05, 3.63) is 113 Å². The minimum atomic E-state index is -1.21. The van der Waals surface area contributed by atoms with Crippen molar-refractivity contribution < 1.29 is 33.4 Å². The normalized spacial score (nSPS) is 16.7. The molecule has 1 aromatic heterocycles. The summed E-state index contributed by atoms with van der Waals surface area (Å²) in [7, 11) is 1.55. The number of ether oxygens (including phenoxy) is 2. The maximum absolute atomic E-state index is 15.1. The van der Waals surface area contributed by atoms with Crippen molar-refractivity contribution in [3.63, 3.8) is 0 Å². The van der Waals surface area contributed by atoms with Gasteiger partial charge >= 0.3 is 0 Å². The molecule has 5 rings (SSSR count). The van der Waals surface area contributed by atoms with Gasteiger partial charge in [-0.2, -0.15) is 5.26 Å². The number of nitrogens with zero attached hydrogens (tertiary/aromatic N) is 3. The van der Waals surface area contributed by atoms with Crippen molar-refractivity contribution in [2.75, 3.05) is 33.4 Å². The number of nitriles is 1. The number of likely N-dealkylation sites (N-methyl/N-ethyl adjacent to an activating group) is 1. The molecule has 4 bridgehead atoms. The first-order valence-electron chi connectivity index (χ1n) is 22.8. The second kappa shape index (κ2) is 24.7. The van der Waals surface area contributed by atoms with Gasteiger partial charge in [-0.1, -0.05) is 69.5 Å². The number of rotatable bonds is 21. The molecule has 0 radical (unpaired) electrons. The quantitative estimate of drug-likeness (QED) is 0.0574. The highest BCUT2D eigenvalue weighted by molar-refractivity contribution is 6.01. The zero-order valence-corrected chi connectivity index (χ0v) is 38.3. The van der Waals surface area contributed by atoms with Crippen LogP contribution in [0.4, 0.5) is 0 Å². The van der Waals surface area contributed by atoms with E-state index in [1.165, 1.54) is 11.3 Å². The number of hydrogen-bond donors (Lipinski definition) is 3. The maximum Gasteiger partial charge on any atom is 0.227 e. The molecule has 344 valence electrons. The van der Waals surface area contributed by atoms with E-state index in [1.54, 1.807) is 62.8 Å². The molecule has 0 saturated carbocycles. The minimum Gasteiger partial charge on any atom is -0.492 e. The molecular weight excluding hydrogens is 821 g/mol. The Hall–Kier alpha value is -6.23. The van der Waals surface area contributed by atoms with Crippen LogP contribution in [0.5, 0.6) is 11.5 Å². The number of aryl methyl sites for hydroxylation is 2. The molecule has 1 aliphatic rings. The van der Waals surface area contributed by atoms with Crippen molar-refractivity contribution >= 4 is 29.2 Å². The van der Waals surface area contributed by atoms with E-state index in [0.717, 1.165) is 42.4 Å². The summed E-state index contributed by atoms with van der Waals surface area (Å²) < 4.78 is 12.3. The SMILES string of the molecule is CCCCCCc1ccc(C(=O)C[C@@H](Cc2cccnc2)C(=O)N(C)[C@@H]2C(=O)C[C@@H](C)C(=O)N[C@H](C(=O)CCC#N)Cc3ccc(OCCN)c(c3)-c3cc2ccc3OCCN)c(C)c1. The fourth-order valence-electron chi connectivity index (χ4n) is 8.46. The van der Waals surface area contributed by atoms with E-state index in [0.29, 0.717) is 39.3 Å². The van der Waals surface area contributed by atoms with Crippen LogP contribution in [-0.4, -0.2) is 78.4 Å². The van der Waals surface area contributed by atoms with Gasteiger partial charge in [-0.25, -0.2) is 0 Å². The summed E-state index contributed by atoms with van der Waals surface area (Å²) in [5.41, 5.74) is 17.3. The summed E-state index contributed by atoms with van der Waals surface area (Å²) in [5.74, 6) is -2.80. The van der Waals surface area contributed by atoms with Crippen LogP contribution < -0.4 is 26.3 Å². The number of fused-ring (bicyclic) bond motifs is 5. The second-order valence-corrected chi connectivity index (χ2v) is 17.0. The summed E-state index contributed by atoms with van der Waals surface area (Å²) in [6, 6.07) is 20.0. The van der Waals surface area contributed by atoms with Crippen molar-refractivity contribution in [1.82, 2.24) is 15.2 Å². The number of amides is 2. The number of carbonyl (C=O) groups is 5. The Morgan fingerprint density at radius 2 is 1.65 bits per heavy atom. The number of nitrogens with one attached hydrogen (secondary N) is 1. The highest BCUT2D eigenvalue weighted by Gasteiger charge is 2.36. The van der Waals surface area contributed by atoms with Crippen molar-refractivity contribution in [1.29, 1.82) is 5.26 Å².